The number of hydrogen-bond donors (Lipinski definition) is 0. The van der Waals surface area contributed by atoms with Gasteiger partial charge in [-0.1, -0.05) is 51.0 Å². The first kappa shape index (κ1) is 34.4. The molecule has 1 saturated heterocycles. The number of carbonyl (C=O) groups excluding carboxylic acids is 1. The molecule has 3 aromatic rings. The number of benzene rings is 2. The molecule has 0 N–H and O–H groups in total. The quantitative estimate of drug-likeness (QED) is 0.196. The van der Waals surface area contributed by atoms with Crippen LogP contribution in [0.4, 0.5) is 5.13 Å². The van der Waals surface area contributed by atoms with E-state index in [2.05, 4.69) is 37.8 Å². The molecule has 1 aliphatic rings. The Morgan fingerprint density at radius 2 is 1.62 bits per heavy atom. The maximum absolute atomic E-state index is 13.9. The number of thiazole rings is 1. The number of fused-ring (bicyclic) bond motifs is 1. The topological polar surface area (TPSA) is 83.1 Å². The van der Waals surface area contributed by atoms with Crippen molar-refractivity contribution in [3.05, 3.63) is 53.6 Å². The van der Waals surface area contributed by atoms with Gasteiger partial charge in [-0.05, 0) is 67.6 Å². The lowest BCUT2D eigenvalue weighted by Gasteiger charge is -2.27. The van der Waals surface area contributed by atoms with Crippen LogP contribution in [-0.4, -0.2) is 81.0 Å². The molecule has 1 fully saturated rings. The van der Waals surface area contributed by atoms with Gasteiger partial charge in [-0.15, -0.1) is 12.4 Å². The Balaban J connectivity index is 0.00000484. The highest BCUT2D eigenvalue weighted by Gasteiger charge is 2.26. The SMILES string of the molecule is CCCCN(CCCC)S(=O)(=O)c1ccc(C(=O)N(CCCN2CCOCC2)c2nc3ccc(CC)cc3s2)cc1.Cl. The van der Waals surface area contributed by atoms with Crippen LogP contribution in [0.15, 0.2) is 47.4 Å². The van der Waals surface area contributed by atoms with Crippen LogP contribution in [0.1, 0.15) is 68.8 Å². The number of rotatable bonds is 15. The van der Waals surface area contributed by atoms with Crippen molar-refractivity contribution >= 4 is 55.0 Å². The molecule has 4 rings (SSSR count). The molecule has 8 nitrogen and oxygen atoms in total. The van der Waals surface area contributed by atoms with Crippen LogP contribution in [0.25, 0.3) is 10.2 Å². The van der Waals surface area contributed by atoms with E-state index in [1.807, 2.05) is 6.07 Å². The fourth-order valence-corrected chi connectivity index (χ4v) is 7.52. The van der Waals surface area contributed by atoms with Crippen LogP contribution in [0.3, 0.4) is 0 Å². The maximum Gasteiger partial charge on any atom is 0.260 e. The van der Waals surface area contributed by atoms with Gasteiger partial charge in [0.1, 0.15) is 0 Å². The Bertz CT molecular complexity index is 1370. The van der Waals surface area contributed by atoms with Crippen LogP contribution in [0.2, 0.25) is 0 Å². The molecule has 2 heterocycles. The Kier molecular flexibility index (Phi) is 13.7. The molecule has 1 amide bonds. The highest BCUT2D eigenvalue weighted by Crippen LogP contribution is 2.31. The van der Waals surface area contributed by atoms with Crippen molar-refractivity contribution < 1.29 is 17.9 Å². The molecule has 1 aliphatic heterocycles. The number of nitrogens with zero attached hydrogens (tertiary/aromatic N) is 4. The van der Waals surface area contributed by atoms with E-state index in [0.717, 1.165) is 81.6 Å². The lowest BCUT2D eigenvalue weighted by molar-refractivity contribution is 0.0376. The average Bonchev–Trinajstić information content (AvgIpc) is 3.42. The first-order chi connectivity index (χ1) is 19.9. The zero-order valence-electron chi connectivity index (χ0n) is 25.1. The lowest BCUT2D eigenvalue weighted by atomic mass is 10.2. The molecule has 0 saturated carbocycles. The number of halogens is 1. The van der Waals surface area contributed by atoms with Crippen molar-refractivity contribution in [1.82, 2.24) is 14.2 Å². The van der Waals surface area contributed by atoms with E-state index in [4.69, 9.17) is 9.72 Å². The molecule has 2 aromatic carbocycles. The molecule has 0 unspecified atom stereocenters. The Hall–Kier alpha value is -2.08. The number of hydrogen-bond acceptors (Lipinski definition) is 7. The van der Waals surface area contributed by atoms with Gasteiger partial charge in [-0.2, -0.15) is 4.31 Å². The Labute approximate surface area is 261 Å². The molecule has 0 spiro atoms. The van der Waals surface area contributed by atoms with E-state index < -0.39 is 10.0 Å². The van der Waals surface area contributed by atoms with Crippen LogP contribution >= 0.6 is 23.7 Å². The van der Waals surface area contributed by atoms with Gasteiger partial charge in [0, 0.05) is 44.8 Å². The van der Waals surface area contributed by atoms with Crippen molar-refractivity contribution in [1.29, 1.82) is 0 Å². The number of sulfonamides is 1. The smallest absolute Gasteiger partial charge is 0.260 e. The zero-order valence-corrected chi connectivity index (χ0v) is 27.5. The molecule has 1 aromatic heterocycles. The van der Waals surface area contributed by atoms with E-state index in [0.29, 0.717) is 30.3 Å². The van der Waals surface area contributed by atoms with Crippen LogP contribution in [0.5, 0.6) is 0 Å². The van der Waals surface area contributed by atoms with Crippen molar-refractivity contribution in [3.63, 3.8) is 0 Å². The minimum absolute atomic E-state index is 0. The highest BCUT2D eigenvalue weighted by atomic mass is 35.5. The molecule has 11 heteroatoms. The predicted octanol–water partition coefficient (Wildman–Crippen LogP) is 6.24. The monoisotopic (exact) mass is 636 g/mol. The summed E-state index contributed by atoms with van der Waals surface area (Å²) in [6, 6.07) is 12.7. The van der Waals surface area contributed by atoms with Crippen LogP contribution < -0.4 is 4.90 Å². The van der Waals surface area contributed by atoms with Gasteiger partial charge >= 0.3 is 0 Å². The summed E-state index contributed by atoms with van der Waals surface area (Å²) in [5, 5.41) is 0.669. The van der Waals surface area contributed by atoms with E-state index in [-0.39, 0.29) is 23.2 Å². The number of anilines is 1. The van der Waals surface area contributed by atoms with E-state index >= 15 is 0 Å². The largest absolute Gasteiger partial charge is 0.379 e. The number of aryl methyl sites for hydroxylation is 1. The minimum Gasteiger partial charge on any atom is -0.379 e. The van der Waals surface area contributed by atoms with Crippen molar-refractivity contribution in [2.75, 3.05) is 57.4 Å². The number of carbonyl (C=O) groups is 1. The molecule has 42 heavy (non-hydrogen) atoms. The van der Waals surface area contributed by atoms with Gasteiger partial charge in [0.25, 0.3) is 5.91 Å². The second kappa shape index (κ2) is 16.7. The highest BCUT2D eigenvalue weighted by molar-refractivity contribution is 7.89. The normalized spacial score (nSPS) is 14.3. The number of amides is 1. The lowest BCUT2D eigenvalue weighted by Crippen LogP contribution is -2.39. The summed E-state index contributed by atoms with van der Waals surface area (Å²) in [5.74, 6) is -0.167. The number of morpholine rings is 1. The standard InChI is InChI=1S/C31H44N4O4S2.ClH/c1-4-7-17-34(18-8-5-2)41(37,38)27-13-11-26(12-14-27)30(36)35(19-9-16-33-20-22-39-23-21-33)31-32-28-15-10-25(6-3)24-29(28)40-31;/h10-15,24H,4-9,16-23H2,1-3H3;1H. The number of aromatic nitrogens is 1. The van der Waals surface area contributed by atoms with Gasteiger partial charge in [-0.3, -0.25) is 14.6 Å². The van der Waals surface area contributed by atoms with E-state index in [1.165, 1.54) is 16.9 Å². The summed E-state index contributed by atoms with van der Waals surface area (Å²) >= 11 is 1.53. The van der Waals surface area contributed by atoms with E-state index in [9.17, 15) is 13.2 Å². The van der Waals surface area contributed by atoms with Crippen LogP contribution in [-0.2, 0) is 21.2 Å². The van der Waals surface area contributed by atoms with Crippen molar-refractivity contribution in [2.45, 2.75) is 64.2 Å². The molecule has 0 aliphatic carbocycles. The molecular formula is C31H45ClN4O4S2. The fraction of sp³-hybridized carbons (Fsp3) is 0.548. The predicted molar refractivity (Wildman–Crippen MR) is 175 cm³/mol. The van der Waals surface area contributed by atoms with Gasteiger partial charge < -0.3 is 4.74 Å². The summed E-state index contributed by atoms with van der Waals surface area (Å²) in [4.78, 5) is 23.1. The first-order valence-corrected chi connectivity index (χ1v) is 17.2. The fourth-order valence-electron chi connectivity index (χ4n) is 4.95. The summed E-state index contributed by atoms with van der Waals surface area (Å²) in [6.45, 7) is 11.9. The minimum atomic E-state index is -3.63. The van der Waals surface area contributed by atoms with Crippen molar-refractivity contribution in [3.8, 4) is 0 Å². The van der Waals surface area contributed by atoms with Gasteiger partial charge in [0.05, 0.1) is 28.3 Å². The van der Waals surface area contributed by atoms with E-state index in [1.54, 1.807) is 33.5 Å². The Morgan fingerprint density at radius 1 is 0.952 bits per heavy atom. The number of ether oxygens (including phenoxy) is 1. The van der Waals surface area contributed by atoms with Gasteiger partial charge in [0.15, 0.2) is 5.13 Å². The van der Waals surface area contributed by atoms with Gasteiger partial charge in [0.2, 0.25) is 10.0 Å². The second-order valence-corrected chi connectivity index (χ2v) is 13.5. The summed E-state index contributed by atoms with van der Waals surface area (Å²) in [5.41, 5.74) is 2.58. The maximum atomic E-state index is 13.9. The number of unbranched alkanes of at least 4 members (excludes halogenated alkanes) is 2. The first-order valence-electron chi connectivity index (χ1n) is 15.0. The third kappa shape index (κ3) is 8.74. The molecule has 0 atom stereocenters. The van der Waals surface area contributed by atoms with Crippen LogP contribution in [0, 0.1) is 0 Å². The molecule has 232 valence electrons. The zero-order chi connectivity index (χ0) is 29.2. The molecule has 0 bridgehead atoms. The third-order valence-corrected chi connectivity index (χ3v) is 10.5. The summed E-state index contributed by atoms with van der Waals surface area (Å²) in [6.07, 6.45) is 5.24. The summed E-state index contributed by atoms with van der Waals surface area (Å²) < 4.78 is 35.0. The second-order valence-electron chi connectivity index (χ2n) is 10.6. The third-order valence-electron chi connectivity index (χ3n) is 7.55. The van der Waals surface area contributed by atoms with Gasteiger partial charge in [-0.25, -0.2) is 13.4 Å². The molecular weight excluding hydrogens is 592 g/mol. The Morgan fingerprint density at radius 3 is 2.24 bits per heavy atom. The molecule has 0 radical (unpaired) electrons. The summed E-state index contributed by atoms with van der Waals surface area (Å²) in [7, 11) is -3.63. The van der Waals surface area contributed by atoms with Crippen molar-refractivity contribution in [2.24, 2.45) is 0 Å². The average molecular weight is 637 g/mol.